The fourth-order valence-electron chi connectivity index (χ4n) is 2.88. The van der Waals surface area contributed by atoms with Crippen LogP contribution in [0.1, 0.15) is 37.9 Å². The molecule has 1 saturated heterocycles. The van der Waals surface area contributed by atoms with Gasteiger partial charge in [0.1, 0.15) is 11.4 Å². The smallest absolute Gasteiger partial charge is 0.410 e. The van der Waals surface area contributed by atoms with Gasteiger partial charge >= 0.3 is 6.09 Å². The number of morpholine rings is 1. The van der Waals surface area contributed by atoms with Crippen molar-refractivity contribution >= 4 is 6.09 Å². The summed E-state index contributed by atoms with van der Waals surface area (Å²) in [4.78, 5) is 25.4. The Morgan fingerprint density at radius 1 is 1.29 bits per heavy atom. The van der Waals surface area contributed by atoms with E-state index in [1.54, 1.807) is 4.90 Å². The van der Waals surface area contributed by atoms with Crippen LogP contribution in [0, 0.1) is 0 Å². The summed E-state index contributed by atoms with van der Waals surface area (Å²) < 4.78 is 10.8. The highest BCUT2D eigenvalue weighted by molar-refractivity contribution is 5.68. The molecule has 7 heteroatoms. The average Bonchev–Trinajstić information content (AvgIpc) is 2.53. The first-order valence-electron chi connectivity index (χ1n) is 8.52. The lowest BCUT2D eigenvalue weighted by Crippen LogP contribution is -2.40. The van der Waals surface area contributed by atoms with Gasteiger partial charge in [-0.25, -0.2) is 14.8 Å². The second-order valence-corrected chi connectivity index (χ2v) is 7.30. The van der Waals surface area contributed by atoms with Gasteiger partial charge in [0, 0.05) is 37.8 Å². The third-order valence-electron chi connectivity index (χ3n) is 4.10. The van der Waals surface area contributed by atoms with Crippen LogP contribution in [0.5, 0.6) is 0 Å². The number of carbonyl (C=O) groups excluding carboxylic acids is 1. The van der Waals surface area contributed by atoms with Crippen LogP contribution < -0.4 is 0 Å². The maximum atomic E-state index is 12.2. The third-order valence-corrected chi connectivity index (χ3v) is 4.10. The van der Waals surface area contributed by atoms with E-state index in [1.807, 2.05) is 27.0 Å². The molecular formula is C17H26N4O3. The minimum atomic E-state index is -0.476. The van der Waals surface area contributed by atoms with E-state index in [1.165, 1.54) is 0 Å². The lowest BCUT2D eigenvalue weighted by atomic mass is 10.1. The predicted molar refractivity (Wildman–Crippen MR) is 88.5 cm³/mol. The van der Waals surface area contributed by atoms with Gasteiger partial charge in [0.05, 0.1) is 32.0 Å². The van der Waals surface area contributed by atoms with Crippen molar-refractivity contribution in [2.24, 2.45) is 0 Å². The standard InChI is InChI=1S/C17H26N4O3/c1-17(2,3)24-16(22)21-5-4-14-13(11-21)10-18-15(19-14)12-20-6-8-23-9-7-20/h10H,4-9,11-12H2,1-3H3. The van der Waals surface area contributed by atoms with E-state index < -0.39 is 5.60 Å². The number of hydrogen-bond donors (Lipinski definition) is 0. The molecule has 1 aromatic rings. The molecule has 132 valence electrons. The molecule has 0 spiro atoms. The zero-order valence-electron chi connectivity index (χ0n) is 14.7. The molecule has 0 bridgehead atoms. The molecule has 1 fully saturated rings. The van der Waals surface area contributed by atoms with Crippen molar-refractivity contribution in [1.29, 1.82) is 0 Å². The van der Waals surface area contributed by atoms with Crippen molar-refractivity contribution in [3.8, 4) is 0 Å². The van der Waals surface area contributed by atoms with E-state index in [9.17, 15) is 4.79 Å². The van der Waals surface area contributed by atoms with Crippen molar-refractivity contribution in [3.63, 3.8) is 0 Å². The molecule has 0 aromatic carbocycles. The molecule has 2 aliphatic rings. The van der Waals surface area contributed by atoms with Crippen LogP contribution in [0.25, 0.3) is 0 Å². The van der Waals surface area contributed by atoms with E-state index in [2.05, 4.69) is 9.88 Å². The van der Waals surface area contributed by atoms with Gasteiger partial charge in [-0.15, -0.1) is 0 Å². The quantitative estimate of drug-likeness (QED) is 0.818. The molecule has 24 heavy (non-hydrogen) atoms. The van der Waals surface area contributed by atoms with Gasteiger partial charge in [0.15, 0.2) is 0 Å². The number of hydrogen-bond acceptors (Lipinski definition) is 6. The first kappa shape index (κ1) is 17.1. The van der Waals surface area contributed by atoms with Crippen LogP contribution in [0.2, 0.25) is 0 Å². The maximum Gasteiger partial charge on any atom is 0.410 e. The Bertz CT molecular complexity index is 594. The Kier molecular flexibility index (Phi) is 5.01. The Morgan fingerprint density at radius 2 is 2.04 bits per heavy atom. The number of carbonyl (C=O) groups is 1. The zero-order valence-corrected chi connectivity index (χ0v) is 14.7. The molecular weight excluding hydrogens is 308 g/mol. The van der Waals surface area contributed by atoms with Gasteiger partial charge in [0.2, 0.25) is 0 Å². The van der Waals surface area contributed by atoms with Gasteiger partial charge in [-0.3, -0.25) is 4.90 Å². The highest BCUT2D eigenvalue weighted by Gasteiger charge is 2.26. The van der Waals surface area contributed by atoms with E-state index in [0.29, 0.717) is 13.1 Å². The van der Waals surface area contributed by atoms with Crippen molar-refractivity contribution < 1.29 is 14.3 Å². The van der Waals surface area contributed by atoms with Crippen LogP contribution in [-0.4, -0.2) is 64.3 Å². The first-order valence-corrected chi connectivity index (χ1v) is 8.52. The largest absolute Gasteiger partial charge is 0.444 e. The minimum absolute atomic E-state index is 0.273. The molecule has 0 N–H and O–H groups in total. The molecule has 3 rings (SSSR count). The van der Waals surface area contributed by atoms with Crippen LogP contribution in [0.3, 0.4) is 0 Å². The van der Waals surface area contributed by atoms with Crippen LogP contribution >= 0.6 is 0 Å². The number of ether oxygens (including phenoxy) is 2. The van der Waals surface area contributed by atoms with Gasteiger partial charge in [-0.1, -0.05) is 0 Å². The van der Waals surface area contributed by atoms with Crippen molar-refractivity contribution in [2.75, 3.05) is 32.8 Å². The molecule has 1 amide bonds. The minimum Gasteiger partial charge on any atom is -0.444 e. The highest BCUT2D eigenvalue weighted by Crippen LogP contribution is 2.19. The van der Waals surface area contributed by atoms with Crippen LogP contribution in [-0.2, 0) is 29.0 Å². The third kappa shape index (κ3) is 4.42. The summed E-state index contributed by atoms with van der Waals surface area (Å²) in [7, 11) is 0. The molecule has 0 atom stereocenters. The SMILES string of the molecule is CC(C)(C)OC(=O)N1CCc2nc(CN3CCOCC3)ncc2C1. The van der Waals surface area contributed by atoms with Crippen molar-refractivity contribution in [1.82, 2.24) is 19.8 Å². The van der Waals surface area contributed by atoms with Gasteiger partial charge in [-0.2, -0.15) is 0 Å². The number of amides is 1. The Labute approximate surface area is 143 Å². The van der Waals surface area contributed by atoms with Crippen molar-refractivity contribution in [2.45, 2.75) is 45.9 Å². The summed E-state index contributed by atoms with van der Waals surface area (Å²) in [6.45, 7) is 10.9. The number of rotatable bonds is 2. The van der Waals surface area contributed by atoms with E-state index in [0.717, 1.165) is 56.4 Å². The molecule has 7 nitrogen and oxygen atoms in total. The number of nitrogens with zero attached hydrogens (tertiary/aromatic N) is 4. The number of fused-ring (bicyclic) bond motifs is 1. The summed E-state index contributed by atoms with van der Waals surface area (Å²) in [6.07, 6.45) is 2.33. The normalized spacial score (nSPS) is 19.0. The zero-order chi connectivity index (χ0) is 17.2. The lowest BCUT2D eigenvalue weighted by molar-refractivity contribution is 0.0222. The maximum absolute atomic E-state index is 12.2. The van der Waals surface area contributed by atoms with Crippen LogP contribution in [0.15, 0.2) is 6.20 Å². The molecule has 3 heterocycles. The van der Waals surface area contributed by atoms with Gasteiger partial charge in [-0.05, 0) is 20.8 Å². The molecule has 1 aromatic heterocycles. The molecule has 0 aliphatic carbocycles. The summed E-state index contributed by atoms with van der Waals surface area (Å²) in [6, 6.07) is 0. The fourth-order valence-corrected chi connectivity index (χ4v) is 2.88. The summed E-state index contributed by atoms with van der Waals surface area (Å²) in [5.74, 6) is 0.848. The van der Waals surface area contributed by atoms with E-state index in [-0.39, 0.29) is 6.09 Å². The topological polar surface area (TPSA) is 67.8 Å². The summed E-state index contributed by atoms with van der Waals surface area (Å²) in [5, 5.41) is 0. The average molecular weight is 334 g/mol. The Hall–Kier alpha value is -1.73. The lowest BCUT2D eigenvalue weighted by Gasteiger charge is -2.31. The predicted octanol–water partition coefficient (Wildman–Crippen LogP) is 1.60. The second kappa shape index (κ2) is 7.03. The van der Waals surface area contributed by atoms with E-state index >= 15 is 0 Å². The molecule has 0 saturated carbocycles. The van der Waals surface area contributed by atoms with Crippen molar-refractivity contribution in [3.05, 3.63) is 23.3 Å². The van der Waals surface area contributed by atoms with Crippen LogP contribution in [0.4, 0.5) is 4.79 Å². The number of aromatic nitrogens is 2. The fraction of sp³-hybridized carbons (Fsp3) is 0.706. The Morgan fingerprint density at radius 3 is 2.75 bits per heavy atom. The van der Waals surface area contributed by atoms with E-state index in [4.69, 9.17) is 14.5 Å². The monoisotopic (exact) mass is 334 g/mol. The molecule has 0 unspecified atom stereocenters. The Balaban J connectivity index is 1.62. The summed E-state index contributed by atoms with van der Waals surface area (Å²) in [5.41, 5.74) is 1.58. The van der Waals surface area contributed by atoms with Gasteiger partial charge < -0.3 is 14.4 Å². The highest BCUT2D eigenvalue weighted by atomic mass is 16.6. The molecule has 0 radical (unpaired) electrons. The summed E-state index contributed by atoms with van der Waals surface area (Å²) >= 11 is 0. The second-order valence-electron chi connectivity index (χ2n) is 7.30. The molecule has 2 aliphatic heterocycles. The van der Waals surface area contributed by atoms with Gasteiger partial charge in [0.25, 0.3) is 0 Å². The first-order chi connectivity index (χ1) is 11.4.